The molecule has 0 radical (unpaired) electrons. The van der Waals surface area contributed by atoms with Crippen LogP contribution in [0.2, 0.25) is 0 Å². The number of carbonyl (C=O) groups excluding carboxylic acids is 1. The van der Waals surface area contributed by atoms with Crippen LogP contribution in [0.5, 0.6) is 0 Å². The van der Waals surface area contributed by atoms with E-state index in [1.54, 1.807) is 0 Å². The van der Waals surface area contributed by atoms with Crippen molar-refractivity contribution in [1.29, 1.82) is 0 Å². The minimum absolute atomic E-state index is 0.129. The molecule has 0 spiro atoms. The number of benzene rings is 1. The topological polar surface area (TPSA) is 41.1 Å². The molecule has 1 aliphatic carbocycles. The standard InChI is InChI=1S/C15H22N2O/c1-11-6-5-8-13(10-11)15(18)17-16-14-9-4-3-7-12(14)2/h3-4,7,9,11,13,16H,5-6,8,10H2,1-2H3,(H,17,18). The predicted molar refractivity (Wildman–Crippen MR) is 74.1 cm³/mol. The number of rotatable bonds is 3. The highest BCUT2D eigenvalue weighted by atomic mass is 16.2. The van der Waals surface area contributed by atoms with E-state index in [1.165, 1.54) is 12.8 Å². The Morgan fingerprint density at radius 1 is 1.28 bits per heavy atom. The van der Waals surface area contributed by atoms with E-state index in [1.807, 2.05) is 31.2 Å². The molecule has 3 heteroatoms. The second-order valence-electron chi connectivity index (χ2n) is 5.40. The van der Waals surface area contributed by atoms with Gasteiger partial charge in [0.25, 0.3) is 0 Å². The van der Waals surface area contributed by atoms with Crippen LogP contribution in [0.3, 0.4) is 0 Å². The van der Waals surface area contributed by atoms with Gasteiger partial charge < -0.3 is 0 Å². The zero-order valence-corrected chi connectivity index (χ0v) is 11.2. The monoisotopic (exact) mass is 246 g/mol. The van der Waals surface area contributed by atoms with Crippen LogP contribution >= 0.6 is 0 Å². The summed E-state index contributed by atoms with van der Waals surface area (Å²) in [6.07, 6.45) is 4.46. The van der Waals surface area contributed by atoms with E-state index in [4.69, 9.17) is 0 Å². The molecule has 2 atom stereocenters. The maximum absolute atomic E-state index is 12.1. The van der Waals surface area contributed by atoms with Crippen molar-refractivity contribution in [3.63, 3.8) is 0 Å². The van der Waals surface area contributed by atoms with Crippen molar-refractivity contribution in [3.8, 4) is 0 Å². The van der Waals surface area contributed by atoms with Gasteiger partial charge in [-0.05, 0) is 37.3 Å². The number of aryl methyl sites for hydroxylation is 1. The third-order valence-corrected chi connectivity index (χ3v) is 3.77. The first-order chi connectivity index (χ1) is 8.66. The molecule has 2 rings (SSSR count). The van der Waals surface area contributed by atoms with Crippen molar-refractivity contribution in [2.45, 2.75) is 39.5 Å². The van der Waals surface area contributed by atoms with Gasteiger partial charge in [0.05, 0.1) is 5.69 Å². The lowest BCUT2D eigenvalue weighted by Crippen LogP contribution is -2.37. The van der Waals surface area contributed by atoms with Gasteiger partial charge in [0, 0.05) is 5.92 Å². The van der Waals surface area contributed by atoms with Crippen molar-refractivity contribution < 1.29 is 4.79 Å². The summed E-state index contributed by atoms with van der Waals surface area (Å²) in [5.41, 5.74) is 7.97. The molecule has 0 heterocycles. The van der Waals surface area contributed by atoms with Crippen LogP contribution in [0.4, 0.5) is 5.69 Å². The third-order valence-electron chi connectivity index (χ3n) is 3.77. The molecule has 0 aromatic heterocycles. The van der Waals surface area contributed by atoms with Gasteiger partial charge in [-0.15, -0.1) is 0 Å². The molecular weight excluding hydrogens is 224 g/mol. The first kappa shape index (κ1) is 12.9. The molecule has 0 saturated heterocycles. The highest BCUT2D eigenvalue weighted by Gasteiger charge is 2.24. The van der Waals surface area contributed by atoms with E-state index in [-0.39, 0.29) is 11.8 Å². The van der Waals surface area contributed by atoms with Gasteiger partial charge in [0.15, 0.2) is 0 Å². The Balaban J connectivity index is 1.86. The second-order valence-corrected chi connectivity index (χ2v) is 5.40. The number of amides is 1. The van der Waals surface area contributed by atoms with Crippen LogP contribution in [0.1, 0.15) is 38.2 Å². The average molecular weight is 246 g/mol. The Labute approximate surface area is 109 Å². The Morgan fingerprint density at radius 2 is 2.06 bits per heavy atom. The summed E-state index contributed by atoms with van der Waals surface area (Å²) in [7, 11) is 0. The predicted octanol–water partition coefficient (Wildman–Crippen LogP) is 3.26. The quantitative estimate of drug-likeness (QED) is 0.804. The molecule has 98 valence electrons. The lowest BCUT2D eigenvalue weighted by Gasteiger charge is -2.26. The summed E-state index contributed by atoms with van der Waals surface area (Å²) in [5.74, 6) is 0.975. The van der Waals surface area contributed by atoms with E-state index in [2.05, 4.69) is 17.8 Å². The summed E-state index contributed by atoms with van der Waals surface area (Å²) in [5, 5.41) is 0. The van der Waals surface area contributed by atoms with Crippen LogP contribution in [-0.4, -0.2) is 5.91 Å². The summed E-state index contributed by atoms with van der Waals surface area (Å²) in [6, 6.07) is 7.95. The second kappa shape index (κ2) is 5.89. The molecule has 3 nitrogen and oxygen atoms in total. The Hall–Kier alpha value is -1.51. The van der Waals surface area contributed by atoms with Crippen molar-refractivity contribution in [3.05, 3.63) is 29.8 Å². The number of anilines is 1. The molecule has 0 aliphatic heterocycles. The number of carbonyl (C=O) groups is 1. The molecule has 1 aliphatic rings. The molecule has 2 N–H and O–H groups in total. The largest absolute Gasteiger partial charge is 0.298 e. The number of hydrogen-bond acceptors (Lipinski definition) is 2. The summed E-state index contributed by atoms with van der Waals surface area (Å²) >= 11 is 0. The van der Waals surface area contributed by atoms with Crippen LogP contribution in [-0.2, 0) is 4.79 Å². The van der Waals surface area contributed by atoms with Crippen molar-refractivity contribution >= 4 is 11.6 Å². The lowest BCUT2D eigenvalue weighted by molar-refractivity contribution is -0.125. The van der Waals surface area contributed by atoms with Crippen molar-refractivity contribution in [1.82, 2.24) is 5.43 Å². The summed E-state index contributed by atoms with van der Waals surface area (Å²) in [6.45, 7) is 4.26. The van der Waals surface area contributed by atoms with Crippen LogP contribution < -0.4 is 10.9 Å². The van der Waals surface area contributed by atoms with Gasteiger partial charge in [0.1, 0.15) is 0 Å². The fraction of sp³-hybridized carbons (Fsp3) is 0.533. The zero-order valence-electron chi connectivity index (χ0n) is 11.2. The van der Waals surface area contributed by atoms with Gasteiger partial charge in [-0.25, -0.2) is 0 Å². The van der Waals surface area contributed by atoms with E-state index >= 15 is 0 Å². The van der Waals surface area contributed by atoms with Crippen molar-refractivity contribution in [2.24, 2.45) is 11.8 Å². The summed E-state index contributed by atoms with van der Waals surface area (Å²) in [4.78, 5) is 12.1. The molecule has 0 bridgehead atoms. The minimum Gasteiger partial charge on any atom is -0.298 e. The van der Waals surface area contributed by atoms with Gasteiger partial charge >= 0.3 is 0 Å². The normalized spacial score (nSPS) is 23.4. The van der Waals surface area contributed by atoms with Gasteiger partial charge in [-0.1, -0.05) is 38.0 Å². The zero-order chi connectivity index (χ0) is 13.0. The molecule has 2 unspecified atom stereocenters. The fourth-order valence-electron chi connectivity index (χ4n) is 2.62. The SMILES string of the molecule is Cc1ccccc1NNC(=O)C1CCCC(C)C1. The fourth-order valence-corrected chi connectivity index (χ4v) is 2.62. The molecule has 1 fully saturated rings. The van der Waals surface area contributed by atoms with E-state index < -0.39 is 0 Å². The van der Waals surface area contributed by atoms with Crippen LogP contribution in [0.15, 0.2) is 24.3 Å². The van der Waals surface area contributed by atoms with E-state index in [9.17, 15) is 4.79 Å². The lowest BCUT2D eigenvalue weighted by atomic mass is 9.82. The summed E-state index contributed by atoms with van der Waals surface area (Å²) < 4.78 is 0. The van der Waals surface area contributed by atoms with Gasteiger partial charge in [0.2, 0.25) is 5.91 Å². The van der Waals surface area contributed by atoms with Gasteiger partial charge in [-0.2, -0.15) is 0 Å². The Morgan fingerprint density at radius 3 is 2.78 bits per heavy atom. The maximum Gasteiger partial charge on any atom is 0.241 e. The average Bonchev–Trinajstić information content (AvgIpc) is 2.37. The number of para-hydroxylation sites is 1. The molecule has 1 aromatic carbocycles. The smallest absolute Gasteiger partial charge is 0.241 e. The first-order valence-electron chi connectivity index (χ1n) is 6.78. The van der Waals surface area contributed by atoms with Crippen LogP contribution in [0, 0.1) is 18.8 Å². The number of nitrogens with one attached hydrogen (secondary N) is 2. The third kappa shape index (κ3) is 3.25. The van der Waals surface area contributed by atoms with Crippen LogP contribution in [0.25, 0.3) is 0 Å². The van der Waals surface area contributed by atoms with Crippen molar-refractivity contribution in [2.75, 3.05) is 5.43 Å². The maximum atomic E-state index is 12.1. The highest BCUT2D eigenvalue weighted by molar-refractivity contribution is 5.80. The molecule has 1 aromatic rings. The number of hydrazine groups is 1. The molecule has 18 heavy (non-hydrogen) atoms. The highest BCUT2D eigenvalue weighted by Crippen LogP contribution is 2.28. The Bertz CT molecular complexity index is 417. The Kier molecular flexibility index (Phi) is 4.24. The van der Waals surface area contributed by atoms with E-state index in [0.717, 1.165) is 24.1 Å². The number of hydrogen-bond donors (Lipinski definition) is 2. The molecular formula is C15H22N2O. The molecule has 1 amide bonds. The first-order valence-corrected chi connectivity index (χ1v) is 6.78. The minimum atomic E-state index is 0.129. The van der Waals surface area contributed by atoms with E-state index in [0.29, 0.717) is 5.92 Å². The molecule has 1 saturated carbocycles. The van der Waals surface area contributed by atoms with Gasteiger partial charge in [-0.3, -0.25) is 15.6 Å².